The number of carbonyl (C=O) groups excluding carboxylic acids is 1. The van der Waals surface area contributed by atoms with E-state index in [0.717, 1.165) is 0 Å². The fourth-order valence-corrected chi connectivity index (χ4v) is 1.41. The van der Waals surface area contributed by atoms with E-state index in [9.17, 15) is 13.6 Å². The first kappa shape index (κ1) is 14.7. The van der Waals surface area contributed by atoms with E-state index in [4.69, 9.17) is 21.4 Å². The molecule has 1 rings (SSSR count). The normalized spacial score (nSPS) is 12.3. The molecular formula is C11H12ClF2NO3. The van der Waals surface area contributed by atoms with Crippen LogP contribution in [-0.2, 0) is 0 Å². The number of ether oxygens (including phenoxy) is 1. The molecule has 0 heterocycles. The number of methoxy groups -OCH3 is 1. The summed E-state index contributed by atoms with van der Waals surface area (Å²) in [6.45, 7) is -0.549. The van der Waals surface area contributed by atoms with Crippen molar-refractivity contribution in [1.82, 2.24) is 5.32 Å². The van der Waals surface area contributed by atoms with Gasteiger partial charge < -0.3 is 15.2 Å². The standard InChI is InChI=1S/C11H12ClF2NO3/c1-18-9-3-2-6(12)4-7(9)11(17)15-5-8(16)10(13)14/h2-4,8,10,16H,5H2,1H3,(H,15,17). The van der Waals surface area contributed by atoms with Crippen LogP contribution in [0.4, 0.5) is 8.78 Å². The largest absolute Gasteiger partial charge is 0.496 e. The molecule has 1 aromatic rings. The molecule has 7 heteroatoms. The molecule has 0 saturated carbocycles. The number of aliphatic hydroxyl groups excluding tert-OH is 1. The van der Waals surface area contributed by atoms with Gasteiger partial charge in [0, 0.05) is 11.6 Å². The van der Waals surface area contributed by atoms with E-state index in [1.165, 1.54) is 25.3 Å². The predicted molar refractivity (Wildman–Crippen MR) is 62.3 cm³/mol. The SMILES string of the molecule is COc1ccc(Cl)cc1C(=O)NCC(O)C(F)F. The lowest BCUT2D eigenvalue weighted by Gasteiger charge is -2.12. The molecule has 1 amide bonds. The number of hydrogen-bond donors (Lipinski definition) is 2. The first-order chi connectivity index (χ1) is 8.45. The Morgan fingerprint density at radius 3 is 2.78 bits per heavy atom. The van der Waals surface area contributed by atoms with E-state index in [2.05, 4.69) is 5.32 Å². The van der Waals surface area contributed by atoms with Crippen molar-refractivity contribution in [3.8, 4) is 5.75 Å². The first-order valence-corrected chi connectivity index (χ1v) is 5.41. The van der Waals surface area contributed by atoms with Crippen LogP contribution in [0.25, 0.3) is 0 Å². The van der Waals surface area contributed by atoms with E-state index >= 15 is 0 Å². The van der Waals surface area contributed by atoms with Crippen molar-refractivity contribution in [2.24, 2.45) is 0 Å². The van der Waals surface area contributed by atoms with Gasteiger partial charge >= 0.3 is 0 Å². The third-order valence-corrected chi connectivity index (χ3v) is 2.40. The van der Waals surface area contributed by atoms with Crippen LogP contribution in [0.15, 0.2) is 18.2 Å². The molecule has 0 fully saturated rings. The van der Waals surface area contributed by atoms with Crippen LogP contribution >= 0.6 is 11.6 Å². The molecular weight excluding hydrogens is 268 g/mol. The van der Waals surface area contributed by atoms with E-state index in [0.29, 0.717) is 5.02 Å². The summed E-state index contributed by atoms with van der Waals surface area (Å²) in [6.07, 6.45) is -4.81. The monoisotopic (exact) mass is 279 g/mol. The second-order valence-corrected chi connectivity index (χ2v) is 3.89. The van der Waals surface area contributed by atoms with Gasteiger partial charge in [-0.3, -0.25) is 4.79 Å². The zero-order valence-electron chi connectivity index (χ0n) is 9.49. The molecule has 1 atom stereocenters. The van der Waals surface area contributed by atoms with Crippen molar-refractivity contribution < 1.29 is 23.4 Å². The maximum absolute atomic E-state index is 12.0. The molecule has 4 nitrogen and oxygen atoms in total. The molecule has 100 valence electrons. The fraction of sp³-hybridized carbons (Fsp3) is 0.364. The molecule has 2 N–H and O–H groups in total. The minimum Gasteiger partial charge on any atom is -0.496 e. The molecule has 0 spiro atoms. The van der Waals surface area contributed by atoms with Crippen molar-refractivity contribution in [2.75, 3.05) is 13.7 Å². The summed E-state index contributed by atoms with van der Waals surface area (Å²) in [4.78, 5) is 11.7. The number of halogens is 3. The van der Waals surface area contributed by atoms with Gasteiger partial charge in [-0.25, -0.2) is 8.78 Å². The molecule has 1 aromatic carbocycles. The summed E-state index contributed by atoms with van der Waals surface area (Å²) in [5.74, 6) is -0.377. The molecule has 0 saturated heterocycles. The zero-order chi connectivity index (χ0) is 13.7. The van der Waals surface area contributed by atoms with Crippen molar-refractivity contribution in [2.45, 2.75) is 12.5 Å². The molecule has 0 aliphatic carbocycles. The molecule has 0 aliphatic rings. The Labute approximate surface area is 108 Å². The highest BCUT2D eigenvalue weighted by molar-refractivity contribution is 6.31. The van der Waals surface area contributed by atoms with Gasteiger partial charge in [-0.15, -0.1) is 0 Å². The average molecular weight is 280 g/mol. The first-order valence-electron chi connectivity index (χ1n) is 5.03. The van der Waals surface area contributed by atoms with Crippen molar-refractivity contribution in [1.29, 1.82) is 0 Å². The predicted octanol–water partition coefficient (Wildman–Crippen LogP) is 1.70. The van der Waals surface area contributed by atoms with Gasteiger partial charge in [-0.2, -0.15) is 0 Å². The van der Waals surface area contributed by atoms with Gasteiger partial charge in [0.1, 0.15) is 11.9 Å². The van der Waals surface area contributed by atoms with Gasteiger partial charge in [-0.05, 0) is 18.2 Å². The minimum absolute atomic E-state index is 0.117. The third kappa shape index (κ3) is 3.82. The Bertz CT molecular complexity index is 429. The summed E-state index contributed by atoms with van der Waals surface area (Å²) in [5, 5.41) is 11.4. The third-order valence-electron chi connectivity index (χ3n) is 2.17. The summed E-state index contributed by atoms with van der Waals surface area (Å²) < 4.78 is 29.0. The molecule has 0 aromatic heterocycles. The lowest BCUT2D eigenvalue weighted by molar-refractivity contribution is -0.00271. The van der Waals surface area contributed by atoms with E-state index in [1.807, 2.05) is 0 Å². The number of alkyl halides is 2. The molecule has 0 radical (unpaired) electrons. The number of carbonyl (C=O) groups is 1. The Balaban J connectivity index is 2.75. The van der Waals surface area contributed by atoms with Crippen molar-refractivity contribution in [3.05, 3.63) is 28.8 Å². The number of hydrogen-bond acceptors (Lipinski definition) is 3. The Morgan fingerprint density at radius 1 is 1.56 bits per heavy atom. The highest BCUT2D eigenvalue weighted by Crippen LogP contribution is 2.22. The van der Waals surface area contributed by atoms with E-state index < -0.39 is 25.0 Å². The van der Waals surface area contributed by atoms with Crippen LogP contribution in [-0.4, -0.2) is 37.2 Å². The topological polar surface area (TPSA) is 58.6 Å². The van der Waals surface area contributed by atoms with Crippen LogP contribution in [0.2, 0.25) is 5.02 Å². The van der Waals surface area contributed by atoms with Gasteiger partial charge in [0.15, 0.2) is 0 Å². The van der Waals surface area contributed by atoms with Crippen molar-refractivity contribution in [3.63, 3.8) is 0 Å². The van der Waals surface area contributed by atoms with Gasteiger partial charge in [0.2, 0.25) is 0 Å². The fourth-order valence-electron chi connectivity index (χ4n) is 1.24. The summed E-state index contributed by atoms with van der Waals surface area (Å²) in [5.41, 5.74) is 0.117. The number of amides is 1. The summed E-state index contributed by atoms with van der Waals surface area (Å²) in [6, 6.07) is 4.37. The molecule has 0 bridgehead atoms. The maximum atomic E-state index is 12.0. The van der Waals surface area contributed by atoms with Gasteiger partial charge in [-0.1, -0.05) is 11.6 Å². The lowest BCUT2D eigenvalue weighted by atomic mass is 10.2. The Hall–Kier alpha value is -1.40. The Morgan fingerprint density at radius 2 is 2.22 bits per heavy atom. The summed E-state index contributed by atoms with van der Waals surface area (Å²) in [7, 11) is 1.37. The van der Waals surface area contributed by atoms with E-state index in [1.54, 1.807) is 0 Å². The quantitative estimate of drug-likeness (QED) is 0.863. The average Bonchev–Trinajstić information content (AvgIpc) is 2.35. The van der Waals surface area contributed by atoms with Gasteiger partial charge in [0.25, 0.3) is 12.3 Å². The zero-order valence-corrected chi connectivity index (χ0v) is 10.2. The second-order valence-electron chi connectivity index (χ2n) is 3.46. The smallest absolute Gasteiger partial charge is 0.265 e. The maximum Gasteiger partial charge on any atom is 0.265 e. The highest BCUT2D eigenvalue weighted by Gasteiger charge is 2.19. The van der Waals surface area contributed by atoms with Crippen LogP contribution in [0, 0.1) is 0 Å². The Kier molecular flexibility index (Phi) is 5.30. The molecule has 1 unspecified atom stereocenters. The molecule has 0 aliphatic heterocycles. The number of nitrogens with one attached hydrogen (secondary N) is 1. The van der Waals surface area contributed by atoms with Gasteiger partial charge in [0.05, 0.1) is 12.7 Å². The minimum atomic E-state index is -2.91. The number of rotatable bonds is 5. The highest BCUT2D eigenvalue weighted by atomic mass is 35.5. The number of aliphatic hydroxyl groups is 1. The van der Waals surface area contributed by atoms with Crippen LogP contribution in [0.1, 0.15) is 10.4 Å². The van der Waals surface area contributed by atoms with E-state index in [-0.39, 0.29) is 11.3 Å². The van der Waals surface area contributed by atoms with Crippen molar-refractivity contribution >= 4 is 17.5 Å². The number of benzene rings is 1. The van der Waals surface area contributed by atoms with Crippen LogP contribution in [0.5, 0.6) is 5.75 Å². The molecule has 18 heavy (non-hydrogen) atoms. The summed E-state index contributed by atoms with van der Waals surface area (Å²) >= 11 is 5.73. The lowest BCUT2D eigenvalue weighted by Crippen LogP contribution is -2.35. The van der Waals surface area contributed by atoms with Crippen LogP contribution in [0.3, 0.4) is 0 Å². The second kappa shape index (κ2) is 6.51. The van der Waals surface area contributed by atoms with Crippen LogP contribution < -0.4 is 10.1 Å².